The Kier molecular flexibility index (Phi) is 5.44. The normalized spacial score (nSPS) is 25.3. The molecule has 0 unspecified atom stereocenters. The van der Waals surface area contributed by atoms with E-state index in [4.69, 9.17) is 4.74 Å². The Bertz CT molecular complexity index is 518. The summed E-state index contributed by atoms with van der Waals surface area (Å²) in [6, 6.07) is 6.51. The minimum atomic E-state index is 0.231. The molecule has 0 spiro atoms. The van der Waals surface area contributed by atoms with Crippen molar-refractivity contribution < 1.29 is 9.84 Å². The molecule has 0 saturated carbocycles. The van der Waals surface area contributed by atoms with Crippen LogP contribution in [-0.4, -0.2) is 54.7 Å². The largest absolute Gasteiger partial charge is 0.504 e. The van der Waals surface area contributed by atoms with Crippen LogP contribution >= 0.6 is 0 Å². The van der Waals surface area contributed by atoms with E-state index in [2.05, 4.69) is 16.8 Å². The summed E-state index contributed by atoms with van der Waals surface area (Å²) in [5, 5.41) is 9.93. The number of hydrogen-bond acceptors (Lipinski definition) is 4. The van der Waals surface area contributed by atoms with Crippen molar-refractivity contribution in [1.29, 1.82) is 0 Å². The Labute approximate surface area is 140 Å². The van der Waals surface area contributed by atoms with Crippen LogP contribution in [0.4, 0.5) is 0 Å². The van der Waals surface area contributed by atoms with E-state index < -0.39 is 0 Å². The zero-order chi connectivity index (χ0) is 16.2. The first-order valence-corrected chi connectivity index (χ1v) is 8.96. The molecule has 2 heterocycles. The first-order valence-electron chi connectivity index (χ1n) is 8.96. The number of rotatable bonds is 5. The number of hydrogen-bond donors (Lipinski definition) is 1. The highest BCUT2D eigenvalue weighted by atomic mass is 16.5. The molecule has 1 aromatic carbocycles. The van der Waals surface area contributed by atoms with Gasteiger partial charge in [-0.15, -0.1) is 0 Å². The van der Waals surface area contributed by atoms with Gasteiger partial charge in [0.2, 0.25) is 0 Å². The SMILES string of the molecule is COc1ccc(CN(C)C[C@@H]2CCCN3CCCC[C@H]23)cc1O. The van der Waals surface area contributed by atoms with Crippen molar-refractivity contribution in [2.24, 2.45) is 5.92 Å². The van der Waals surface area contributed by atoms with Gasteiger partial charge in [-0.25, -0.2) is 0 Å². The third kappa shape index (κ3) is 3.99. The molecule has 0 radical (unpaired) electrons. The number of fused-ring (bicyclic) bond motifs is 1. The number of phenols is 1. The quantitative estimate of drug-likeness (QED) is 0.905. The first kappa shape index (κ1) is 16.6. The molecule has 1 N–H and O–H groups in total. The van der Waals surface area contributed by atoms with E-state index >= 15 is 0 Å². The molecule has 2 atom stereocenters. The predicted octanol–water partition coefficient (Wildman–Crippen LogP) is 3.10. The van der Waals surface area contributed by atoms with Crippen molar-refractivity contribution in [1.82, 2.24) is 9.80 Å². The van der Waals surface area contributed by atoms with Crippen LogP contribution in [0.1, 0.15) is 37.7 Å². The number of methoxy groups -OCH3 is 1. The zero-order valence-corrected chi connectivity index (χ0v) is 14.5. The number of nitrogens with zero attached hydrogens (tertiary/aromatic N) is 2. The summed E-state index contributed by atoms with van der Waals surface area (Å²) in [6.45, 7) is 4.63. The second-order valence-corrected chi connectivity index (χ2v) is 7.20. The fourth-order valence-electron chi connectivity index (χ4n) is 4.40. The van der Waals surface area contributed by atoms with Crippen LogP contribution in [0.15, 0.2) is 18.2 Å². The maximum Gasteiger partial charge on any atom is 0.160 e. The molecule has 128 valence electrons. The monoisotopic (exact) mass is 318 g/mol. The van der Waals surface area contributed by atoms with Gasteiger partial charge in [-0.1, -0.05) is 12.5 Å². The van der Waals surface area contributed by atoms with Gasteiger partial charge >= 0.3 is 0 Å². The maximum atomic E-state index is 9.93. The van der Waals surface area contributed by atoms with Gasteiger partial charge in [-0.3, -0.25) is 0 Å². The molecule has 0 aromatic heterocycles. The Morgan fingerprint density at radius 1 is 1.22 bits per heavy atom. The molecule has 0 aliphatic carbocycles. The van der Waals surface area contributed by atoms with Crippen molar-refractivity contribution in [3.63, 3.8) is 0 Å². The molecule has 4 nitrogen and oxygen atoms in total. The molecule has 3 rings (SSSR count). The lowest BCUT2D eigenvalue weighted by molar-refractivity contribution is 0.0435. The fraction of sp³-hybridized carbons (Fsp3) is 0.684. The average Bonchev–Trinajstić information content (AvgIpc) is 2.55. The fourth-order valence-corrected chi connectivity index (χ4v) is 4.40. The molecule has 2 fully saturated rings. The standard InChI is InChI=1S/C19H30N2O2/c1-20(13-15-8-9-19(23-2)18(22)12-15)14-16-6-5-11-21-10-4-3-7-17(16)21/h8-9,12,16-17,22H,3-7,10-11,13-14H2,1-2H3/t16-,17+/m0/s1. The first-order chi connectivity index (χ1) is 11.2. The zero-order valence-electron chi connectivity index (χ0n) is 14.5. The van der Waals surface area contributed by atoms with Gasteiger partial charge in [0, 0.05) is 19.1 Å². The number of aromatic hydroxyl groups is 1. The van der Waals surface area contributed by atoms with E-state index in [0.717, 1.165) is 30.6 Å². The van der Waals surface area contributed by atoms with E-state index in [1.54, 1.807) is 7.11 Å². The van der Waals surface area contributed by atoms with Gasteiger partial charge in [0.25, 0.3) is 0 Å². The smallest absolute Gasteiger partial charge is 0.160 e. The van der Waals surface area contributed by atoms with E-state index in [0.29, 0.717) is 5.75 Å². The van der Waals surface area contributed by atoms with Gasteiger partial charge in [0.15, 0.2) is 11.5 Å². The van der Waals surface area contributed by atoms with Gasteiger partial charge in [0.1, 0.15) is 0 Å². The number of benzene rings is 1. The molecular weight excluding hydrogens is 288 g/mol. The molecule has 2 aliphatic heterocycles. The second-order valence-electron chi connectivity index (χ2n) is 7.20. The van der Waals surface area contributed by atoms with Crippen molar-refractivity contribution in [3.05, 3.63) is 23.8 Å². The van der Waals surface area contributed by atoms with Gasteiger partial charge < -0.3 is 19.6 Å². The van der Waals surface area contributed by atoms with Gasteiger partial charge in [-0.05, 0) is 69.4 Å². The Morgan fingerprint density at radius 2 is 2.04 bits per heavy atom. The van der Waals surface area contributed by atoms with Gasteiger partial charge in [0.05, 0.1) is 7.11 Å². The lowest BCUT2D eigenvalue weighted by atomic mass is 9.83. The van der Waals surface area contributed by atoms with Crippen LogP contribution in [0, 0.1) is 5.92 Å². The maximum absolute atomic E-state index is 9.93. The van der Waals surface area contributed by atoms with Crippen LogP contribution in [0.5, 0.6) is 11.5 Å². The van der Waals surface area contributed by atoms with Crippen molar-refractivity contribution >= 4 is 0 Å². The van der Waals surface area contributed by atoms with Crippen LogP contribution in [0.3, 0.4) is 0 Å². The third-order valence-electron chi connectivity index (χ3n) is 5.47. The molecule has 4 heteroatoms. The van der Waals surface area contributed by atoms with E-state index in [-0.39, 0.29) is 5.75 Å². The minimum absolute atomic E-state index is 0.231. The second kappa shape index (κ2) is 7.54. The minimum Gasteiger partial charge on any atom is -0.504 e. The Hall–Kier alpha value is -1.26. The van der Waals surface area contributed by atoms with Crippen molar-refractivity contribution in [3.8, 4) is 11.5 Å². The Morgan fingerprint density at radius 3 is 2.83 bits per heavy atom. The van der Waals surface area contributed by atoms with Crippen LogP contribution < -0.4 is 4.74 Å². The van der Waals surface area contributed by atoms with E-state index in [9.17, 15) is 5.11 Å². The lowest BCUT2D eigenvalue weighted by Gasteiger charge is -2.45. The molecule has 2 saturated heterocycles. The molecule has 0 bridgehead atoms. The summed E-state index contributed by atoms with van der Waals surface area (Å²) in [6.07, 6.45) is 6.86. The molecule has 2 aliphatic rings. The van der Waals surface area contributed by atoms with Gasteiger partial charge in [-0.2, -0.15) is 0 Å². The molecular formula is C19H30N2O2. The van der Waals surface area contributed by atoms with Crippen LogP contribution in [0.25, 0.3) is 0 Å². The number of phenolic OH excluding ortho intramolecular Hbond substituents is 1. The van der Waals surface area contributed by atoms with Crippen molar-refractivity contribution in [2.75, 3.05) is 33.8 Å². The third-order valence-corrected chi connectivity index (χ3v) is 5.47. The number of ether oxygens (including phenoxy) is 1. The molecule has 0 amide bonds. The number of piperidine rings is 2. The average molecular weight is 318 g/mol. The van der Waals surface area contributed by atoms with E-state index in [1.165, 1.54) is 45.2 Å². The summed E-state index contributed by atoms with van der Waals surface area (Å²) in [5.41, 5.74) is 1.14. The summed E-state index contributed by atoms with van der Waals surface area (Å²) >= 11 is 0. The highest BCUT2D eigenvalue weighted by Gasteiger charge is 2.33. The summed E-state index contributed by atoms with van der Waals surface area (Å²) in [7, 11) is 3.78. The highest BCUT2D eigenvalue weighted by molar-refractivity contribution is 5.41. The van der Waals surface area contributed by atoms with Crippen LogP contribution in [-0.2, 0) is 6.54 Å². The Balaban J connectivity index is 1.58. The highest BCUT2D eigenvalue weighted by Crippen LogP contribution is 2.32. The summed E-state index contributed by atoms with van der Waals surface area (Å²) in [5.74, 6) is 1.57. The molecule has 1 aromatic rings. The molecule has 23 heavy (non-hydrogen) atoms. The predicted molar refractivity (Wildman–Crippen MR) is 92.9 cm³/mol. The van der Waals surface area contributed by atoms with E-state index in [1.807, 2.05) is 18.2 Å². The van der Waals surface area contributed by atoms with Crippen molar-refractivity contribution in [2.45, 2.75) is 44.7 Å². The summed E-state index contributed by atoms with van der Waals surface area (Å²) < 4.78 is 5.12. The topological polar surface area (TPSA) is 35.9 Å². The summed E-state index contributed by atoms with van der Waals surface area (Å²) in [4.78, 5) is 5.13. The lowest BCUT2D eigenvalue weighted by Crippen LogP contribution is -2.50. The van der Waals surface area contributed by atoms with Crippen LogP contribution in [0.2, 0.25) is 0 Å².